The van der Waals surface area contributed by atoms with Crippen molar-refractivity contribution in [3.05, 3.63) is 17.8 Å². The maximum absolute atomic E-state index is 4.38. The highest BCUT2D eigenvalue weighted by atomic mass is 15.3. The van der Waals surface area contributed by atoms with Crippen molar-refractivity contribution >= 4 is 5.82 Å². The molecule has 5 nitrogen and oxygen atoms in total. The van der Waals surface area contributed by atoms with Crippen molar-refractivity contribution < 1.29 is 0 Å². The van der Waals surface area contributed by atoms with E-state index < -0.39 is 0 Å². The largest absolute Gasteiger partial charge is 0.352 e. The van der Waals surface area contributed by atoms with Crippen molar-refractivity contribution in [3.63, 3.8) is 0 Å². The molecule has 112 valence electrons. The van der Waals surface area contributed by atoms with Gasteiger partial charge in [0, 0.05) is 38.3 Å². The number of piperazine rings is 1. The van der Waals surface area contributed by atoms with Crippen molar-refractivity contribution in [1.29, 1.82) is 0 Å². The molecule has 0 amide bonds. The van der Waals surface area contributed by atoms with Crippen LogP contribution in [0.3, 0.4) is 0 Å². The smallest absolute Gasteiger partial charge is 0.151 e. The summed E-state index contributed by atoms with van der Waals surface area (Å²) in [4.78, 5) is 4.84. The first kappa shape index (κ1) is 15.2. The summed E-state index contributed by atoms with van der Waals surface area (Å²) in [5.74, 6) is 1.00. The number of rotatable bonds is 5. The topological polar surface area (TPSA) is 44.3 Å². The fraction of sp³-hybridized carbons (Fsp3) is 0.733. The van der Waals surface area contributed by atoms with E-state index in [0.717, 1.165) is 44.2 Å². The van der Waals surface area contributed by atoms with E-state index in [0.29, 0.717) is 12.1 Å². The monoisotopic (exact) mass is 277 g/mol. The van der Waals surface area contributed by atoms with E-state index in [1.807, 2.05) is 0 Å². The van der Waals surface area contributed by atoms with Crippen LogP contribution in [0.1, 0.15) is 33.4 Å². The zero-order valence-electron chi connectivity index (χ0n) is 13.1. The first-order valence-electron chi connectivity index (χ1n) is 7.65. The third-order valence-corrected chi connectivity index (χ3v) is 3.89. The predicted octanol–water partition coefficient (Wildman–Crippen LogP) is 1.50. The van der Waals surface area contributed by atoms with E-state index in [2.05, 4.69) is 65.1 Å². The van der Waals surface area contributed by atoms with Gasteiger partial charge in [-0.1, -0.05) is 20.8 Å². The number of aromatic nitrogens is 2. The van der Waals surface area contributed by atoms with Crippen LogP contribution in [-0.2, 0) is 6.54 Å². The molecular formula is C15H27N5. The summed E-state index contributed by atoms with van der Waals surface area (Å²) in [6.45, 7) is 13.9. The normalized spacial score (nSPS) is 20.6. The molecule has 0 bridgehead atoms. The van der Waals surface area contributed by atoms with Gasteiger partial charge in [0.2, 0.25) is 0 Å². The van der Waals surface area contributed by atoms with E-state index in [9.17, 15) is 0 Å². The van der Waals surface area contributed by atoms with Gasteiger partial charge in [0.15, 0.2) is 5.82 Å². The lowest BCUT2D eigenvalue weighted by molar-refractivity contribution is 0.199. The minimum atomic E-state index is 0.472. The minimum Gasteiger partial charge on any atom is -0.352 e. The molecule has 0 saturated carbocycles. The predicted molar refractivity (Wildman–Crippen MR) is 82.9 cm³/mol. The first-order chi connectivity index (χ1) is 9.60. The Balaban J connectivity index is 1.93. The Morgan fingerprint density at radius 2 is 2.10 bits per heavy atom. The molecule has 0 aliphatic carbocycles. The highest BCUT2D eigenvalue weighted by Crippen LogP contribution is 2.16. The Kier molecular flexibility index (Phi) is 5.31. The van der Waals surface area contributed by atoms with Crippen LogP contribution in [0.5, 0.6) is 0 Å². The fourth-order valence-corrected chi connectivity index (χ4v) is 2.60. The number of likely N-dealkylation sites (N-methyl/N-ethyl adjacent to an activating group) is 1. The van der Waals surface area contributed by atoms with Gasteiger partial charge >= 0.3 is 0 Å². The second-order valence-electron chi connectivity index (χ2n) is 5.84. The summed E-state index contributed by atoms with van der Waals surface area (Å²) < 4.78 is 0. The quantitative estimate of drug-likeness (QED) is 0.884. The third-order valence-electron chi connectivity index (χ3n) is 3.89. The summed E-state index contributed by atoms with van der Waals surface area (Å²) in [6, 6.07) is 5.23. The molecule has 1 unspecified atom stereocenters. The molecule has 20 heavy (non-hydrogen) atoms. The molecule has 1 atom stereocenters. The molecule has 0 radical (unpaired) electrons. The minimum absolute atomic E-state index is 0.472. The SMILES string of the molecule is CCN1CCN(c2ccc(CNC(C)C)nn2)CC1C. The van der Waals surface area contributed by atoms with Crippen LogP contribution in [-0.4, -0.2) is 53.4 Å². The molecule has 1 saturated heterocycles. The van der Waals surface area contributed by atoms with Gasteiger partial charge in [-0.15, -0.1) is 5.10 Å². The fourth-order valence-electron chi connectivity index (χ4n) is 2.60. The Hall–Kier alpha value is -1.20. The maximum atomic E-state index is 4.38. The highest BCUT2D eigenvalue weighted by Gasteiger charge is 2.23. The van der Waals surface area contributed by atoms with Crippen molar-refractivity contribution in [2.75, 3.05) is 31.1 Å². The lowest BCUT2D eigenvalue weighted by Crippen LogP contribution is -2.52. The lowest BCUT2D eigenvalue weighted by atomic mass is 10.2. The van der Waals surface area contributed by atoms with Crippen LogP contribution in [0.2, 0.25) is 0 Å². The molecule has 2 rings (SSSR count). The molecule has 1 aromatic rings. The average Bonchev–Trinajstić information content (AvgIpc) is 2.45. The summed E-state index contributed by atoms with van der Waals surface area (Å²) >= 11 is 0. The van der Waals surface area contributed by atoms with Crippen LogP contribution < -0.4 is 10.2 Å². The maximum Gasteiger partial charge on any atom is 0.151 e. The van der Waals surface area contributed by atoms with E-state index in [4.69, 9.17) is 0 Å². The van der Waals surface area contributed by atoms with Gasteiger partial charge in [-0.25, -0.2) is 0 Å². The molecule has 1 N–H and O–H groups in total. The van der Waals surface area contributed by atoms with Gasteiger partial charge in [-0.3, -0.25) is 4.90 Å². The Bertz CT molecular complexity index is 403. The summed E-state index contributed by atoms with van der Waals surface area (Å²) in [6.07, 6.45) is 0. The van der Waals surface area contributed by atoms with E-state index in [-0.39, 0.29) is 0 Å². The molecule has 5 heteroatoms. The zero-order valence-corrected chi connectivity index (χ0v) is 13.1. The number of anilines is 1. The van der Waals surface area contributed by atoms with Crippen LogP contribution in [0.4, 0.5) is 5.82 Å². The van der Waals surface area contributed by atoms with Crippen LogP contribution in [0.15, 0.2) is 12.1 Å². The van der Waals surface area contributed by atoms with Crippen molar-refractivity contribution in [2.45, 2.75) is 46.3 Å². The van der Waals surface area contributed by atoms with E-state index >= 15 is 0 Å². The van der Waals surface area contributed by atoms with Crippen LogP contribution in [0.25, 0.3) is 0 Å². The van der Waals surface area contributed by atoms with E-state index in [1.165, 1.54) is 0 Å². The molecule has 1 fully saturated rings. The summed E-state index contributed by atoms with van der Waals surface area (Å²) in [7, 11) is 0. The summed E-state index contributed by atoms with van der Waals surface area (Å²) in [5, 5.41) is 12.1. The standard InChI is InChI=1S/C15H27N5/c1-5-19-8-9-20(11-13(19)4)15-7-6-14(17-18-15)10-16-12(2)3/h6-7,12-13,16H,5,8-11H2,1-4H3. The molecule has 0 aromatic carbocycles. The molecule has 0 spiro atoms. The zero-order chi connectivity index (χ0) is 14.5. The second-order valence-corrected chi connectivity index (χ2v) is 5.84. The second kappa shape index (κ2) is 6.99. The lowest BCUT2D eigenvalue weighted by Gasteiger charge is -2.39. The Morgan fingerprint density at radius 1 is 1.30 bits per heavy atom. The van der Waals surface area contributed by atoms with Crippen molar-refractivity contribution in [3.8, 4) is 0 Å². The average molecular weight is 277 g/mol. The van der Waals surface area contributed by atoms with Gasteiger partial charge < -0.3 is 10.2 Å². The first-order valence-corrected chi connectivity index (χ1v) is 7.65. The number of nitrogens with zero attached hydrogens (tertiary/aromatic N) is 4. The van der Waals surface area contributed by atoms with Gasteiger partial charge in [0.05, 0.1) is 5.69 Å². The Labute approximate surface area is 122 Å². The van der Waals surface area contributed by atoms with Crippen molar-refractivity contribution in [1.82, 2.24) is 20.4 Å². The number of hydrogen-bond donors (Lipinski definition) is 1. The molecular weight excluding hydrogens is 250 g/mol. The van der Waals surface area contributed by atoms with Crippen molar-refractivity contribution in [2.24, 2.45) is 0 Å². The van der Waals surface area contributed by atoms with Gasteiger partial charge in [-0.05, 0) is 25.6 Å². The van der Waals surface area contributed by atoms with Crippen LogP contribution >= 0.6 is 0 Å². The molecule has 1 aliphatic heterocycles. The molecule has 1 aliphatic rings. The van der Waals surface area contributed by atoms with Gasteiger partial charge in [0.25, 0.3) is 0 Å². The van der Waals surface area contributed by atoms with Crippen LogP contribution in [0, 0.1) is 0 Å². The Morgan fingerprint density at radius 3 is 2.65 bits per heavy atom. The van der Waals surface area contributed by atoms with E-state index in [1.54, 1.807) is 0 Å². The number of hydrogen-bond acceptors (Lipinski definition) is 5. The molecule has 1 aromatic heterocycles. The van der Waals surface area contributed by atoms with Gasteiger partial charge in [-0.2, -0.15) is 5.10 Å². The molecule has 2 heterocycles. The van der Waals surface area contributed by atoms with Gasteiger partial charge in [0.1, 0.15) is 0 Å². The number of nitrogens with one attached hydrogen (secondary N) is 1. The highest BCUT2D eigenvalue weighted by molar-refractivity contribution is 5.38. The third kappa shape index (κ3) is 3.90. The summed E-state index contributed by atoms with van der Waals surface area (Å²) in [5.41, 5.74) is 1.00.